The second kappa shape index (κ2) is 8.88. The van der Waals surface area contributed by atoms with Crippen molar-refractivity contribution in [3.8, 4) is 10.4 Å². The lowest BCUT2D eigenvalue weighted by molar-refractivity contribution is 0.0955. The highest BCUT2D eigenvalue weighted by Crippen LogP contribution is 2.28. The SMILES string of the molecule is O=C(NCc1ccc(Cn2ccccc2=O)cc1)c1ccc(-c2ccc(F)cc2)s1. The largest absolute Gasteiger partial charge is 0.347 e. The summed E-state index contributed by atoms with van der Waals surface area (Å²) < 4.78 is 14.7. The van der Waals surface area contributed by atoms with Gasteiger partial charge in [-0.15, -0.1) is 11.3 Å². The number of hydrogen-bond donors (Lipinski definition) is 1. The topological polar surface area (TPSA) is 51.1 Å². The zero-order valence-corrected chi connectivity index (χ0v) is 16.9. The minimum atomic E-state index is -0.282. The number of benzene rings is 2. The minimum absolute atomic E-state index is 0.0372. The predicted octanol–water partition coefficient (Wildman–Crippen LogP) is 4.69. The fourth-order valence-electron chi connectivity index (χ4n) is 3.05. The summed E-state index contributed by atoms with van der Waals surface area (Å²) in [5.74, 6) is -0.427. The summed E-state index contributed by atoms with van der Waals surface area (Å²) in [5.41, 5.74) is 2.83. The van der Waals surface area contributed by atoms with Gasteiger partial charge in [-0.1, -0.05) is 42.5 Å². The smallest absolute Gasteiger partial charge is 0.261 e. The van der Waals surface area contributed by atoms with E-state index in [1.165, 1.54) is 29.5 Å². The van der Waals surface area contributed by atoms with Gasteiger partial charge in [0.25, 0.3) is 11.5 Å². The van der Waals surface area contributed by atoms with E-state index in [1.807, 2.05) is 36.4 Å². The summed E-state index contributed by atoms with van der Waals surface area (Å²) in [7, 11) is 0. The van der Waals surface area contributed by atoms with Crippen molar-refractivity contribution in [1.29, 1.82) is 0 Å². The first kappa shape index (κ1) is 19.8. The number of pyridine rings is 1. The number of thiophene rings is 1. The summed E-state index contributed by atoms with van der Waals surface area (Å²) in [6.45, 7) is 0.919. The Morgan fingerprint density at radius 1 is 0.900 bits per heavy atom. The van der Waals surface area contributed by atoms with Gasteiger partial charge in [0.05, 0.1) is 11.4 Å². The Kier molecular flexibility index (Phi) is 5.86. The van der Waals surface area contributed by atoms with Crippen LogP contribution >= 0.6 is 11.3 Å². The third-order valence-electron chi connectivity index (χ3n) is 4.69. The Morgan fingerprint density at radius 2 is 1.63 bits per heavy atom. The standard InChI is InChI=1S/C24H19FN2O2S/c25-20-10-8-19(9-11-20)21-12-13-22(30-21)24(29)26-15-17-4-6-18(7-5-17)16-27-14-2-1-3-23(27)28/h1-14H,15-16H2,(H,26,29). The van der Waals surface area contributed by atoms with E-state index in [9.17, 15) is 14.0 Å². The summed E-state index contributed by atoms with van der Waals surface area (Å²) in [4.78, 5) is 25.8. The number of rotatable bonds is 6. The van der Waals surface area contributed by atoms with Gasteiger partial charge < -0.3 is 9.88 Å². The van der Waals surface area contributed by atoms with Crippen LogP contribution in [0.2, 0.25) is 0 Å². The molecule has 0 radical (unpaired) electrons. The highest BCUT2D eigenvalue weighted by atomic mass is 32.1. The molecule has 4 aromatic rings. The highest BCUT2D eigenvalue weighted by Gasteiger charge is 2.10. The lowest BCUT2D eigenvalue weighted by atomic mass is 10.1. The van der Waals surface area contributed by atoms with Crippen molar-refractivity contribution < 1.29 is 9.18 Å². The van der Waals surface area contributed by atoms with Gasteiger partial charge in [-0.3, -0.25) is 9.59 Å². The molecule has 2 aromatic carbocycles. The molecule has 0 aliphatic rings. The van der Waals surface area contributed by atoms with E-state index in [0.717, 1.165) is 21.6 Å². The van der Waals surface area contributed by atoms with E-state index < -0.39 is 0 Å². The van der Waals surface area contributed by atoms with Crippen LogP contribution in [0.5, 0.6) is 0 Å². The molecule has 0 saturated carbocycles. The average Bonchev–Trinajstić information content (AvgIpc) is 3.25. The molecule has 4 nitrogen and oxygen atoms in total. The van der Waals surface area contributed by atoms with E-state index >= 15 is 0 Å². The monoisotopic (exact) mass is 418 g/mol. The van der Waals surface area contributed by atoms with E-state index in [4.69, 9.17) is 0 Å². The maximum Gasteiger partial charge on any atom is 0.261 e. The molecule has 30 heavy (non-hydrogen) atoms. The number of hydrogen-bond acceptors (Lipinski definition) is 3. The quantitative estimate of drug-likeness (QED) is 0.494. The molecule has 0 atom stereocenters. The zero-order valence-electron chi connectivity index (χ0n) is 16.0. The number of aromatic nitrogens is 1. The second-order valence-electron chi connectivity index (χ2n) is 6.84. The van der Waals surface area contributed by atoms with Gasteiger partial charge in [0.1, 0.15) is 5.82 Å². The lowest BCUT2D eigenvalue weighted by Gasteiger charge is -2.07. The van der Waals surface area contributed by atoms with Crippen LogP contribution < -0.4 is 10.9 Å². The van der Waals surface area contributed by atoms with Crippen LogP contribution in [-0.4, -0.2) is 10.5 Å². The van der Waals surface area contributed by atoms with Gasteiger partial charge >= 0.3 is 0 Å². The first-order valence-electron chi connectivity index (χ1n) is 9.46. The van der Waals surface area contributed by atoms with Crippen LogP contribution in [0.25, 0.3) is 10.4 Å². The fourth-order valence-corrected chi connectivity index (χ4v) is 3.98. The Labute approximate surface area is 177 Å². The van der Waals surface area contributed by atoms with Crippen LogP contribution in [0.1, 0.15) is 20.8 Å². The molecule has 0 saturated heterocycles. The summed E-state index contributed by atoms with van der Waals surface area (Å²) >= 11 is 1.37. The second-order valence-corrected chi connectivity index (χ2v) is 7.92. The minimum Gasteiger partial charge on any atom is -0.347 e. The van der Waals surface area contributed by atoms with Gasteiger partial charge in [-0.05, 0) is 47.0 Å². The number of nitrogens with one attached hydrogen (secondary N) is 1. The van der Waals surface area contributed by atoms with Gasteiger partial charge in [0.2, 0.25) is 0 Å². The fraction of sp³-hybridized carbons (Fsp3) is 0.0833. The molecule has 0 aliphatic heterocycles. The molecule has 1 N–H and O–H groups in total. The van der Waals surface area contributed by atoms with Gasteiger partial charge in [0.15, 0.2) is 0 Å². The Morgan fingerprint density at radius 3 is 2.37 bits per heavy atom. The van der Waals surface area contributed by atoms with Crippen LogP contribution in [0.15, 0.2) is 89.9 Å². The Balaban J connectivity index is 1.35. The molecule has 0 unspecified atom stereocenters. The van der Waals surface area contributed by atoms with Crippen molar-refractivity contribution in [3.63, 3.8) is 0 Å². The number of carbonyl (C=O) groups excluding carboxylic acids is 1. The first-order valence-corrected chi connectivity index (χ1v) is 10.3. The van der Waals surface area contributed by atoms with Crippen LogP contribution in [0.3, 0.4) is 0 Å². The third-order valence-corrected chi connectivity index (χ3v) is 5.82. The number of nitrogens with zero attached hydrogens (tertiary/aromatic N) is 1. The van der Waals surface area contributed by atoms with Crippen molar-refractivity contribution >= 4 is 17.2 Å². The predicted molar refractivity (Wildman–Crippen MR) is 117 cm³/mol. The summed E-state index contributed by atoms with van der Waals surface area (Å²) in [5, 5.41) is 2.92. The van der Waals surface area contributed by atoms with E-state index in [-0.39, 0.29) is 17.3 Å². The molecule has 0 aliphatic carbocycles. The van der Waals surface area contributed by atoms with E-state index in [1.54, 1.807) is 35.0 Å². The van der Waals surface area contributed by atoms with Crippen molar-refractivity contribution in [1.82, 2.24) is 9.88 Å². The van der Waals surface area contributed by atoms with Crippen LogP contribution in [0, 0.1) is 5.82 Å². The summed E-state index contributed by atoms with van der Waals surface area (Å²) in [6.07, 6.45) is 1.76. The van der Waals surface area contributed by atoms with Crippen molar-refractivity contribution in [2.24, 2.45) is 0 Å². The normalized spacial score (nSPS) is 10.7. The molecular formula is C24H19FN2O2S. The maximum atomic E-state index is 13.1. The molecule has 0 fully saturated rings. The third kappa shape index (κ3) is 4.72. The number of halogens is 1. The van der Waals surface area contributed by atoms with Crippen molar-refractivity contribution in [3.05, 3.63) is 117 Å². The summed E-state index contributed by atoms with van der Waals surface area (Å²) in [6, 6.07) is 22.8. The first-order chi connectivity index (χ1) is 14.6. The van der Waals surface area contributed by atoms with E-state index in [2.05, 4.69) is 5.32 Å². The Bertz CT molecular complexity index is 1210. The van der Waals surface area contributed by atoms with Gasteiger partial charge in [-0.25, -0.2) is 4.39 Å². The maximum absolute atomic E-state index is 13.1. The molecule has 2 aromatic heterocycles. The molecule has 0 bridgehead atoms. The number of amides is 1. The van der Waals surface area contributed by atoms with Crippen LogP contribution in [-0.2, 0) is 13.1 Å². The molecule has 4 rings (SSSR count). The zero-order chi connectivity index (χ0) is 20.9. The van der Waals surface area contributed by atoms with Gasteiger partial charge in [-0.2, -0.15) is 0 Å². The van der Waals surface area contributed by atoms with Crippen molar-refractivity contribution in [2.75, 3.05) is 0 Å². The molecular weight excluding hydrogens is 399 g/mol. The Hall–Kier alpha value is -3.51. The van der Waals surface area contributed by atoms with E-state index in [0.29, 0.717) is 18.0 Å². The highest BCUT2D eigenvalue weighted by molar-refractivity contribution is 7.17. The van der Waals surface area contributed by atoms with Crippen molar-refractivity contribution in [2.45, 2.75) is 13.1 Å². The molecule has 2 heterocycles. The number of carbonyl (C=O) groups is 1. The average molecular weight is 418 g/mol. The molecule has 0 spiro atoms. The molecule has 1 amide bonds. The lowest BCUT2D eigenvalue weighted by Crippen LogP contribution is -2.21. The van der Waals surface area contributed by atoms with Gasteiger partial charge in [0, 0.05) is 23.7 Å². The van der Waals surface area contributed by atoms with Crippen LogP contribution in [0.4, 0.5) is 4.39 Å². The molecule has 6 heteroatoms. The molecule has 150 valence electrons.